The standard InChI is InChI=1S/C11H15ClFN/c1-3-6-14-8(2)9-4-5-11(13)10(12)7-9/h4-5,7-8,14H,3,6H2,1-2H3/t8-/m1/s1. The number of halogens is 2. The molecular weight excluding hydrogens is 201 g/mol. The van der Waals surface area contributed by atoms with Crippen molar-refractivity contribution in [1.82, 2.24) is 5.32 Å². The van der Waals surface area contributed by atoms with Crippen LogP contribution in [0.2, 0.25) is 5.02 Å². The lowest BCUT2D eigenvalue weighted by Gasteiger charge is -2.13. The second kappa shape index (κ2) is 5.32. The van der Waals surface area contributed by atoms with Crippen LogP contribution in [0.5, 0.6) is 0 Å². The molecule has 0 spiro atoms. The lowest BCUT2D eigenvalue weighted by molar-refractivity contribution is 0.567. The third kappa shape index (κ3) is 2.96. The van der Waals surface area contributed by atoms with E-state index in [1.807, 2.05) is 6.92 Å². The molecule has 0 aliphatic carbocycles. The van der Waals surface area contributed by atoms with Gasteiger partial charge in [-0.25, -0.2) is 4.39 Å². The fraction of sp³-hybridized carbons (Fsp3) is 0.455. The first kappa shape index (κ1) is 11.5. The van der Waals surface area contributed by atoms with Crippen LogP contribution in [-0.4, -0.2) is 6.54 Å². The van der Waals surface area contributed by atoms with Gasteiger partial charge in [-0.15, -0.1) is 0 Å². The van der Waals surface area contributed by atoms with Crippen LogP contribution in [0.3, 0.4) is 0 Å². The molecule has 0 aliphatic rings. The summed E-state index contributed by atoms with van der Waals surface area (Å²) in [5, 5.41) is 3.50. The highest BCUT2D eigenvalue weighted by Crippen LogP contribution is 2.20. The topological polar surface area (TPSA) is 12.0 Å². The minimum absolute atomic E-state index is 0.188. The minimum Gasteiger partial charge on any atom is -0.310 e. The van der Waals surface area contributed by atoms with Crippen LogP contribution < -0.4 is 5.32 Å². The van der Waals surface area contributed by atoms with Crippen molar-refractivity contribution in [2.45, 2.75) is 26.3 Å². The largest absolute Gasteiger partial charge is 0.310 e. The van der Waals surface area contributed by atoms with Crippen molar-refractivity contribution in [3.05, 3.63) is 34.6 Å². The summed E-state index contributed by atoms with van der Waals surface area (Å²) in [6.45, 7) is 5.10. The fourth-order valence-corrected chi connectivity index (χ4v) is 1.45. The Hall–Kier alpha value is -0.600. The Labute approximate surface area is 89.3 Å². The summed E-state index contributed by atoms with van der Waals surface area (Å²) < 4.78 is 12.9. The maximum Gasteiger partial charge on any atom is 0.141 e. The van der Waals surface area contributed by atoms with Gasteiger partial charge in [-0.3, -0.25) is 0 Å². The van der Waals surface area contributed by atoms with Gasteiger partial charge in [0.1, 0.15) is 5.82 Å². The molecule has 0 saturated heterocycles. The van der Waals surface area contributed by atoms with E-state index in [2.05, 4.69) is 12.2 Å². The van der Waals surface area contributed by atoms with Crippen molar-refractivity contribution in [2.24, 2.45) is 0 Å². The third-order valence-electron chi connectivity index (χ3n) is 2.14. The highest BCUT2D eigenvalue weighted by Gasteiger charge is 2.06. The highest BCUT2D eigenvalue weighted by atomic mass is 35.5. The zero-order valence-electron chi connectivity index (χ0n) is 8.48. The Kier molecular flexibility index (Phi) is 4.36. The average Bonchev–Trinajstić information content (AvgIpc) is 2.18. The van der Waals surface area contributed by atoms with Crippen LogP contribution in [0.15, 0.2) is 18.2 Å². The molecule has 0 radical (unpaired) electrons. The van der Waals surface area contributed by atoms with Gasteiger partial charge in [0.25, 0.3) is 0 Å². The highest BCUT2D eigenvalue weighted by molar-refractivity contribution is 6.30. The van der Waals surface area contributed by atoms with E-state index in [-0.39, 0.29) is 16.9 Å². The van der Waals surface area contributed by atoms with Crippen LogP contribution >= 0.6 is 11.6 Å². The Balaban J connectivity index is 2.70. The van der Waals surface area contributed by atoms with Gasteiger partial charge in [-0.1, -0.05) is 24.6 Å². The van der Waals surface area contributed by atoms with E-state index in [0.717, 1.165) is 18.5 Å². The first-order valence-corrected chi connectivity index (χ1v) is 5.21. The number of nitrogens with one attached hydrogen (secondary N) is 1. The van der Waals surface area contributed by atoms with Gasteiger partial charge in [0, 0.05) is 6.04 Å². The number of rotatable bonds is 4. The molecule has 1 rings (SSSR count). The van der Waals surface area contributed by atoms with E-state index in [4.69, 9.17) is 11.6 Å². The molecule has 1 nitrogen and oxygen atoms in total. The number of hydrogen-bond donors (Lipinski definition) is 1. The zero-order chi connectivity index (χ0) is 10.6. The Bertz CT molecular complexity index is 301. The summed E-state index contributed by atoms with van der Waals surface area (Å²) in [5.74, 6) is -0.363. The molecule has 1 atom stereocenters. The predicted octanol–water partition coefficient (Wildman–Crippen LogP) is 3.54. The molecule has 1 aromatic rings. The number of hydrogen-bond acceptors (Lipinski definition) is 1. The predicted molar refractivity (Wildman–Crippen MR) is 58.1 cm³/mol. The fourth-order valence-electron chi connectivity index (χ4n) is 1.26. The first-order valence-electron chi connectivity index (χ1n) is 4.83. The molecular formula is C11H15ClFN. The molecule has 3 heteroatoms. The Morgan fingerprint density at radius 3 is 2.79 bits per heavy atom. The molecule has 0 amide bonds. The minimum atomic E-state index is -0.363. The van der Waals surface area contributed by atoms with Gasteiger partial charge in [0.05, 0.1) is 5.02 Å². The van der Waals surface area contributed by atoms with Gasteiger partial charge < -0.3 is 5.32 Å². The summed E-state index contributed by atoms with van der Waals surface area (Å²) in [7, 11) is 0. The molecule has 1 N–H and O–H groups in total. The van der Waals surface area contributed by atoms with Crippen molar-refractivity contribution in [3.63, 3.8) is 0 Å². The molecule has 0 fully saturated rings. The number of benzene rings is 1. The summed E-state index contributed by atoms with van der Waals surface area (Å²) in [6, 6.07) is 5.05. The summed E-state index contributed by atoms with van der Waals surface area (Å²) in [6.07, 6.45) is 1.08. The lowest BCUT2D eigenvalue weighted by Crippen LogP contribution is -2.19. The molecule has 78 valence electrons. The van der Waals surface area contributed by atoms with Crippen LogP contribution in [0.4, 0.5) is 4.39 Å². The molecule has 0 bridgehead atoms. The van der Waals surface area contributed by atoms with E-state index in [0.29, 0.717) is 0 Å². The maximum atomic E-state index is 12.9. The Morgan fingerprint density at radius 1 is 1.50 bits per heavy atom. The van der Waals surface area contributed by atoms with Crippen molar-refractivity contribution in [1.29, 1.82) is 0 Å². The van der Waals surface area contributed by atoms with E-state index in [9.17, 15) is 4.39 Å². The van der Waals surface area contributed by atoms with Crippen molar-refractivity contribution < 1.29 is 4.39 Å². The lowest BCUT2D eigenvalue weighted by atomic mass is 10.1. The molecule has 0 heterocycles. The molecule has 0 aromatic heterocycles. The second-order valence-corrected chi connectivity index (χ2v) is 3.76. The van der Waals surface area contributed by atoms with Crippen molar-refractivity contribution in [2.75, 3.05) is 6.54 Å². The van der Waals surface area contributed by atoms with Crippen LogP contribution in [0.1, 0.15) is 31.9 Å². The van der Waals surface area contributed by atoms with Gasteiger partial charge in [0.15, 0.2) is 0 Å². The monoisotopic (exact) mass is 215 g/mol. The summed E-state index contributed by atoms with van der Waals surface area (Å²) >= 11 is 5.69. The molecule has 0 unspecified atom stereocenters. The first-order chi connectivity index (χ1) is 6.65. The maximum absolute atomic E-state index is 12.9. The Morgan fingerprint density at radius 2 is 2.21 bits per heavy atom. The van der Waals surface area contributed by atoms with Crippen molar-refractivity contribution >= 4 is 11.6 Å². The van der Waals surface area contributed by atoms with E-state index in [1.165, 1.54) is 6.07 Å². The smallest absolute Gasteiger partial charge is 0.141 e. The van der Waals surface area contributed by atoms with Gasteiger partial charge in [0.2, 0.25) is 0 Å². The normalized spacial score (nSPS) is 12.9. The van der Waals surface area contributed by atoms with Crippen LogP contribution in [0, 0.1) is 5.82 Å². The average molecular weight is 216 g/mol. The molecule has 1 aromatic carbocycles. The third-order valence-corrected chi connectivity index (χ3v) is 2.43. The van der Waals surface area contributed by atoms with Gasteiger partial charge >= 0.3 is 0 Å². The summed E-state index contributed by atoms with van der Waals surface area (Å²) in [5.41, 5.74) is 1.02. The van der Waals surface area contributed by atoms with Crippen molar-refractivity contribution in [3.8, 4) is 0 Å². The van der Waals surface area contributed by atoms with E-state index < -0.39 is 0 Å². The van der Waals surface area contributed by atoms with E-state index >= 15 is 0 Å². The quantitative estimate of drug-likeness (QED) is 0.810. The van der Waals surface area contributed by atoms with Gasteiger partial charge in [-0.05, 0) is 37.6 Å². The van der Waals surface area contributed by atoms with E-state index in [1.54, 1.807) is 12.1 Å². The van der Waals surface area contributed by atoms with Crippen LogP contribution in [0.25, 0.3) is 0 Å². The van der Waals surface area contributed by atoms with Crippen LogP contribution in [-0.2, 0) is 0 Å². The zero-order valence-corrected chi connectivity index (χ0v) is 9.24. The molecule has 0 saturated carbocycles. The second-order valence-electron chi connectivity index (χ2n) is 3.35. The molecule has 14 heavy (non-hydrogen) atoms. The van der Waals surface area contributed by atoms with Gasteiger partial charge in [-0.2, -0.15) is 0 Å². The molecule has 0 aliphatic heterocycles. The SMILES string of the molecule is CCCN[C@H](C)c1ccc(F)c(Cl)c1. The summed E-state index contributed by atoms with van der Waals surface area (Å²) in [4.78, 5) is 0.